The summed E-state index contributed by atoms with van der Waals surface area (Å²) >= 11 is 0. The second kappa shape index (κ2) is 8.03. The van der Waals surface area contributed by atoms with E-state index in [9.17, 15) is 9.59 Å². The first-order valence-corrected chi connectivity index (χ1v) is 12.1. The molecule has 7 heteroatoms. The normalized spacial score (nSPS) is 32.8. The minimum Gasteiger partial charge on any atom is -0.467 e. The Morgan fingerprint density at radius 3 is 2.69 bits per heavy atom. The Balaban J connectivity index is 1.24. The van der Waals surface area contributed by atoms with Crippen LogP contribution in [-0.4, -0.2) is 72.6 Å². The van der Waals surface area contributed by atoms with Crippen molar-refractivity contribution in [1.82, 2.24) is 20.4 Å². The molecule has 3 aliphatic carbocycles. The van der Waals surface area contributed by atoms with Crippen LogP contribution in [0.2, 0.25) is 0 Å². The number of piperazine rings is 1. The highest BCUT2D eigenvalue weighted by atomic mass is 16.5. The molecule has 1 aromatic carbocycles. The Bertz CT molecular complexity index is 895. The van der Waals surface area contributed by atoms with Crippen LogP contribution in [0.15, 0.2) is 24.3 Å². The maximum atomic E-state index is 13.4. The zero-order chi connectivity index (χ0) is 22.5. The van der Waals surface area contributed by atoms with E-state index in [1.807, 2.05) is 18.2 Å². The van der Waals surface area contributed by atoms with Crippen molar-refractivity contribution in [2.75, 3.05) is 39.8 Å². The molecule has 1 aromatic rings. The molecule has 2 N–H and O–H groups in total. The average molecular weight is 441 g/mol. The molecule has 2 amide bonds. The summed E-state index contributed by atoms with van der Waals surface area (Å²) in [5, 5.41) is 6.54. The lowest BCUT2D eigenvalue weighted by Crippen LogP contribution is -2.67. The fourth-order valence-electron chi connectivity index (χ4n) is 6.31. The van der Waals surface area contributed by atoms with Crippen molar-refractivity contribution in [1.29, 1.82) is 0 Å². The number of hydrogen-bond donors (Lipinski definition) is 2. The summed E-state index contributed by atoms with van der Waals surface area (Å²) in [4.78, 5) is 30.9. The van der Waals surface area contributed by atoms with Crippen LogP contribution in [0.1, 0.15) is 49.9 Å². The molecule has 4 fully saturated rings. The maximum Gasteiger partial charge on any atom is 0.258 e. The molecule has 4 unspecified atom stereocenters. The number of benzene rings is 1. The van der Waals surface area contributed by atoms with Crippen molar-refractivity contribution >= 4 is 11.8 Å². The molecule has 3 saturated carbocycles. The molecule has 0 radical (unpaired) electrons. The first kappa shape index (κ1) is 21.7. The topological polar surface area (TPSA) is 73.9 Å². The number of rotatable bonds is 4. The Labute approximate surface area is 190 Å². The Morgan fingerprint density at radius 2 is 1.97 bits per heavy atom. The number of fused-ring (bicyclic) bond motifs is 3. The average Bonchev–Trinajstić information content (AvgIpc) is 2.75. The molecular weight excluding hydrogens is 404 g/mol. The molecule has 32 heavy (non-hydrogen) atoms. The van der Waals surface area contributed by atoms with E-state index in [1.54, 1.807) is 6.07 Å². The standard InChI is InChI=1S/C25H36N4O3/c1-24(2,16-29-12-10-28(3)11-13-29)26-23(31)20-14-18-9-8-17(20)15-25(18)27-22(30)19-6-4-5-7-21(19)32-25/h4-7,17-18,20H,8-16H2,1-3H3,(H,26,31)(H,27,30). The number of carbonyl (C=O) groups is 2. The Kier molecular flexibility index (Phi) is 5.45. The van der Waals surface area contributed by atoms with E-state index in [-0.39, 0.29) is 35.1 Å². The van der Waals surface area contributed by atoms with E-state index in [4.69, 9.17) is 4.74 Å². The Hall–Kier alpha value is -2.12. The highest BCUT2D eigenvalue weighted by Crippen LogP contribution is 2.52. The molecule has 1 spiro atoms. The number of ether oxygens (including phenoxy) is 1. The summed E-state index contributed by atoms with van der Waals surface area (Å²) < 4.78 is 6.43. The number of likely N-dealkylation sites (N-methyl/N-ethyl adjacent to an activating group) is 1. The predicted octanol–water partition coefficient (Wildman–Crippen LogP) is 2.08. The van der Waals surface area contributed by atoms with Crippen molar-refractivity contribution in [2.45, 2.75) is 50.8 Å². The van der Waals surface area contributed by atoms with Gasteiger partial charge < -0.3 is 20.3 Å². The van der Waals surface area contributed by atoms with Crippen molar-refractivity contribution in [2.24, 2.45) is 17.8 Å². The zero-order valence-electron chi connectivity index (χ0n) is 19.5. The number of nitrogens with one attached hydrogen (secondary N) is 2. The molecule has 2 aliphatic heterocycles. The van der Waals surface area contributed by atoms with Crippen LogP contribution in [0.25, 0.3) is 0 Å². The van der Waals surface area contributed by atoms with Crippen LogP contribution in [0.4, 0.5) is 0 Å². The summed E-state index contributed by atoms with van der Waals surface area (Å²) in [5.74, 6) is 1.14. The number of hydrogen-bond acceptors (Lipinski definition) is 5. The van der Waals surface area contributed by atoms with E-state index in [0.29, 0.717) is 17.7 Å². The molecule has 5 aliphatic rings. The molecule has 4 atom stereocenters. The van der Waals surface area contributed by atoms with Gasteiger partial charge in [-0.15, -0.1) is 0 Å². The first-order chi connectivity index (χ1) is 15.2. The van der Waals surface area contributed by atoms with Gasteiger partial charge in [0.25, 0.3) is 5.91 Å². The maximum absolute atomic E-state index is 13.4. The third-order valence-corrected chi connectivity index (χ3v) is 7.98. The number of para-hydroxylation sites is 1. The molecule has 2 bridgehead atoms. The zero-order valence-corrected chi connectivity index (χ0v) is 19.5. The largest absolute Gasteiger partial charge is 0.467 e. The monoisotopic (exact) mass is 440 g/mol. The predicted molar refractivity (Wildman–Crippen MR) is 122 cm³/mol. The third-order valence-electron chi connectivity index (χ3n) is 7.98. The minimum atomic E-state index is -0.666. The SMILES string of the molecule is CN1CCN(CC(C)(C)NC(=O)C2CC3CCC2CC32NC(=O)c3ccccc3O2)CC1. The van der Waals surface area contributed by atoms with Crippen LogP contribution in [0.5, 0.6) is 5.75 Å². The second-order valence-corrected chi connectivity index (χ2v) is 11.0. The van der Waals surface area contributed by atoms with Gasteiger partial charge in [0.1, 0.15) is 5.75 Å². The molecule has 2 heterocycles. The van der Waals surface area contributed by atoms with Gasteiger partial charge in [-0.3, -0.25) is 14.5 Å². The summed E-state index contributed by atoms with van der Waals surface area (Å²) in [6.07, 6.45) is 3.48. The van der Waals surface area contributed by atoms with Crippen LogP contribution < -0.4 is 15.4 Å². The van der Waals surface area contributed by atoms with Crippen molar-refractivity contribution < 1.29 is 14.3 Å². The van der Waals surface area contributed by atoms with Gasteiger partial charge in [-0.05, 0) is 58.2 Å². The first-order valence-electron chi connectivity index (χ1n) is 12.1. The Morgan fingerprint density at radius 1 is 1.22 bits per heavy atom. The second-order valence-electron chi connectivity index (χ2n) is 11.0. The van der Waals surface area contributed by atoms with Crippen molar-refractivity contribution in [3.05, 3.63) is 29.8 Å². The van der Waals surface area contributed by atoms with Crippen molar-refractivity contribution in [3.63, 3.8) is 0 Å². The quantitative estimate of drug-likeness (QED) is 0.750. The van der Waals surface area contributed by atoms with Gasteiger partial charge in [0.05, 0.1) is 5.56 Å². The lowest BCUT2D eigenvalue weighted by atomic mass is 9.59. The number of nitrogens with zero attached hydrogens (tertiary/aromatic N) is 2. The molecule has 0 aromatic heterocycles. The molecule has 1 saturated heterocycles. The van der Waals surface area contributed by atoms with Crippen molar-refractivity contribution in [3.8, 4) is 5.75 Å². The van der Waals surface area contributed by atoms with Gasteiger partial charge in [-0.25, -0.2) is 0 Å². The van der Waals surface area contributed by atoms with Gasteiger partial charge >= 0.3 is 0 Å². The van der Waals surface area contributed by atoms with Gasteiger partial charge in [0, 0.05) is 56.5 Å². The van der Waals surface area contributed by atoms with Gasteiger partial charge in [0.15, 0.2) is 5.72 Å². The molecular formula is C25H36N4O3. The van der Waals surface area contributed by atoms with Gasteiger partial charge in [0.2, 0.25) is 5.91 Å². The lowest BCUT2D eigenvalue weighted by molar-refractivity contribution is -0.148. The van der Waals surface area contributed by atoms with Gasteiger partial charge in [-0.2, -0.15) is 0 Å². The van der Waals surface area contributed by atoms with Crippen LogP contribution >= 0.6 is 0 Å². The highest BCUT2D eigenvalue weighted by molar-refractivity contribution is 5.98. The summed E-state index contributed by atoms with van der Waals surface area (Å²) in [6.45, 7) is 9.38. The summed E-state index contributed by atoms with van der Waals surface area (Å²) in [7, 11) is 2.16. The van der Waals surface area contributed by atoms with E-state index in [2.05, 4.69) is 41.3 Å². The van der Waals surface area contributed by atoms with E-state index < -0.39 is 5.72 Å². The highest BCUT2D eigenvalue weighted by Gasteiger charge is 2.57. The summed E-state index contributed by atoms with van der Waals surface area (Å²) in [5.41, 5.74) is -0.337. The van der Waals surface area contributed by atoms with Crippen LogP contribution in [0.3, 0.4) is 0 Å². The van der Waals surface area contributed by atoms with E-state index in [0.717, 1.165) is 52.0 Å². The smallest absolute Gasteiger partial charge is 0.258 e. The third kappa shape index (κ3) is 4.01. The molecule has 7 nitrogen and oxygen atoms in total. The van der Waals surface area contributed by atoms with E-state index in [1.165, 1.54) is 0 Å². The fraction of sp³-hybridized carbons (Fsp3) is 0.680. The van der Waals surface area contributed by atoms with E-state index >= 15 is 0 Å². The molecule has 6 rings (SSSR count). The minimum absolute atomic E-state index is 0.0104. The van der Waals surface area contributed by atoms with Gasteiger partial charge in [-0.1, -0.05) is 12.1 Å². The number of carbonyl (C=O) groups excluding carboxylic acids is 2. The number of amides is 2. The fourth-order valence-corrected chi connectivity index (χ4v) is 6.31. The van der Waals surface area contributed by atoms with Crippen LogP contribution in [0, 0.1) is 17.8 Å². The van der Waals surface area contributed by atoms with Crippen LogP contribution in [-0.2, 0) is 4.79 Å². The summed E-state index contributed by atoms with van der Waals surface area (Å²) in [6, 6.07) is 7.45. The lowest BCUT2D eigenvalue weighted by Gasteiger charge is -2.55. The molecule has 174 valence electrons.